The number of nitrogens with one attached hydrogen (secondary N) is 1. The van der Waals surface area contributed by atoms with Gasteiger partial charge in [-0.15, -0.1) is 0 Å². The van der Waals surface area contributed by atoms with E-state index >= 15 is 0 Å². The zero-order valence-electron chi connectivity index (χ0n) is 9.24. The molecule has 0 bridgehead atoms. The van der Waals surface area contributed by atoms with Crippen molar-refractivity contribution in [2.24, 2.45) is 0 Å². The molecule has 1 aliphatic carbocycles. The van der Waals surface area contributed by atoms with Crippen molar-refractivity contribution in [1.82, 2.24) is 4.90 Å². The van der Waals surface area contributed by atoms with Crippen LogP contribution < -0.4 is 5.32 Å². The Balaban J connectivity index is 1.84. The normalized spacial score (nSPS) is 14.6. The van der Waals surface area contributed by atoms with E-state index < -0.39 is 0 Å². The number of carbonyl (C=O) groups excluding carboxylic acids is 1. The fourth-order valence-electron chi connectivity index (χ4n) is 1.57. The average Bonchev–Trinajstić information content (AvgIpc) is 3.09. The van der Waals surface area contributed by atoms with Gasteiger partial charge in [0.25, 0.3) is 0 Å². The SMILES string of the molecule is CN(C(=O)CNc1cccc(I)c1)C1CC1. The Bertz CT molecular complexity index is 390. The Kier molecular flexibility index (Phi) is 3.68. The van der Waals surface area contributed by atoms with E-state index in [0.717, 1.165) is 18.5 Å². The lowest BCUT2D eigenvalue weighted by atomic mass is 10.3. The first-order valence-electron chi connectivity index (χ1n) is 5.42. The van der Waals surface area contributed by atoms with Gasteiger partial charge in [0.15, 0.2) is 0 Å². The third-order valence-electron chi connectivity index (χ3n) is 2.76. The highest BCUT2D eigenvalue weighted by molar-refractivity contribution is 14.1. The fraction of sp³-hybridized carbons (Fsp3) is 0.417. The van der Waals surface area contributed by atoms with Crippen molar-refractivity contribution in [3.05, 3.63) is 27.8 Å². The maximum atomic E-state index is 11.7. The Morgan fingerprint density at radius 1 is 1.56 bits per heavy atom. The van der Waals surface area contributed by atoms with Gasteiger partial charge in [-0.2, -0.15) is 0 Å². The summed E-state index contributed by atoms with van der Waals surface area (Å²) in [6.07, 6.45) is 2.32. The molecule has 16 heavy (non-hydrogen) atoms. The first kappa shape index (κ1) is 11.7. The van der Waals surface area contributed by atoms with E-state index in [0.29, 0.717) is 12.6 Å². The molecule has 1 saturated carbocycles. The first-order chi connectivity index (χ1) is 7.66. The number of carbonyl (C=O) groups is 1. The molecule has 3 nitrogen and oxygen atoms in total. The smallest absolute Gasteiger partial charge is 0.241 e. The van der Waals surface area contributed by atoms with E-state index in [1.165, 1.54) is 3.57 Å². The average molecular weight is 330 g/mol. The third-order valence-corrected chi connectivity index (χ3v) is 3.43. The predicted octanol–water partition coefficient (Wildman–Crippen LogP) is 2.32. The number of rotatable bonds is 4. The van der Waals surface area contributed by atoms with Crippen molar-refractivity contribution < 1.29 is 4.79 Å². The maximum absolute atomic E-state index is 11.7. The molecule has 1 aromatic rings. The minimum absolute atomic E-state index is 0.168. The van der Waals surface area contributed by atoms with Crippen molar-refractivity contribution in [2.75, 3.05) is 18.9 Å². The highest BCUT2D eigenvalue weighted by Gasteiger charge is 2.29. The molecule has 1 N–H and O–H groups in total. The molecule has 1 aromatic carbocycles. The Labute approximate surface area is 109 Å². The van der Waals surface area contributed by atoms with Gasteiger partial charge < -0.3 is 10.2 Å². The van der Waals surface area contributed by atoms with Gasteiger partial charge in [-0.25, -0.2) is 0 Å². The molecular weight excluding hydrogens is 315 g/mol. The van der Waals surface area contributed by atoms with Crippen molar-refractivity contribution in [2.45, 2.75) is 18.9 Å². The molecule has 0 radical (unpaired) electrons. The summed E-state index contributed by atoms with van der Waals surface area (Å²) in [5, 5.41) is 3.15. The first-order valence-corrected chi connectivity index (χ1v) is 6.50. The van der Waals surface area contributed by atoms with Crippen LogP contribution in [0.15, 0.2) is 24.3 Å². The van der Waals surface area contributed by atoms with E-state index in [4.69, 9.17) is 0 Å². The molecule has 86 valence electrons. The summed E-state index contributed by atoms with van der Waals surface area (Å²) in [5.74, 6) is 0.168. The van der Waals surface area contributed by atoms with Crippen molar-refractivity contribution in [3.63, 3.8) is 0 Å². The van der Waals surface area contributed by atoms with Gasteiger partial charge in [0.1, 0.15) is 0 Å². The van der Waals surface area contributed by atoms with Gasteiger partial charge in [-0.3, -0.25) is 4.79 Å². The summed E-state index contributed by atoms with van der Waals surface area (Å²) in [4.78, 5) is 13.6. The van der Waals surface area contributed by atoms with E-state index in [2.05, 4.69) is 27.9 Å². The van der Waals surface area contributed by atoms with Crippen LogP contribution >= 0.6 is 22.6 Å². The van der Waals surface area contributed by atoms with Crippen LogP contribution in [0.5, 0.6) is 0 Å². The molecule has 0 heterocycles. The molecule has 0 aromatic heterocycles. The highest BCUT2D eigenvalue weighted by atomic mass is 127. The lowest BCUT2D eigenvalue weighted by Crippen LogP contribution is -2.33. The van der Waals surface area contributed by atoms with Gasteiger partial charge >= 0.3 is 0 Å². The summed E-state index contributed by atoms with van der Waals surface area (Å²) in [7, 11) is 1.89. The Morgan fingerprint density at radius 3 is 2.94 bits per heavy atom. The lowest BCUT2D eigenvalue weighted by molar-refractivity contribution is -0.128. The van der Waals surface area contributed by atoms with E-state index in [9.17, 15) is 4.79 Å². The van der Waals surface area contributed by atoms with Crippen LogP contribution in [0.25, 0.3) is 0 Å². The maximum Gasteiger partial charge on any atom is 0.241 e. The fourth-order valence-corrected chi connectivity index (χ4v) is 2.11. The second-order valence-corrected chi connectivity index (χ2v) is 5.35. The van der Waals surface area contributed by atoms with Gasteiger partial charge in [0.05, 0.1) is 6.54 Å². The van der Waals surface area contributed by atoms with E-state index in [-0.39, 0.29) is 5.91 Å². The number of anilines is 1. The zero-order chi connectivity index (χ0) is 11.5. The van der Waals surface area contributed by atoms with Crippen LogP contribution in [-0.2, 0) is 4.79 Å². The summed E-state index contributed by atoms with van der Waals surface area (Å²) in [6, 6.07) is 8.52. The molecule has 1 aliphatic rings. The summed E-state index contributed by atoms with van der Waals surface area (Å²) >= 11 is 2.26. The number of halogens is 1. The second kappa shape index (κ2) is 5.03. The quantitative estimate of drug-likeness (QED) is 0.860. The second-order valence-electron chi connectivity index (χ2n) is 4.10. The van der Waals surface area contributed by atoms with Crippen LogP contribution in [-0.4, -0.2) is 30.4 Å². The summed E-state index contributed by atoms with van der Waals surface area (Å²) in [5.41, 5.74) is 1.00. The molecule has 0 aliphatic heterocycles. The standard InChI is InChI=1S/C12H15IN2O/c1-15(11-5-6-11)12(16)8-14-10-4-2-3-9(13)7-10/h2-4,7,11,14H,5-6,8H2,1H3. The van der Waals surface area contributed by atoms with Gasteiger partial charge in [-0.05, 0) is 53.6 Å². The van der Waals surface area contributed by atoms with Crippen LogP contribution in [0.1, 0.15) is 12.8 Å². The third kappa shape index (κ3) is 3.10. The Morgan fingerprint density at radius 2 is 2.31 bits per heavy atom. The zero-order valence-corrected chi connectivity index (χ0v) is 11.4. The van der Waals surface area contributed by atoms with Crippen LogP contribution in [0.4, 0.5) is 5.69 Å². The minimum Gasteiger partial charge on any atom is -0.376 e. The van der Waals surface area contributed by atoms with Crippen LogP contribution in [0, 0.1) is 3.57 Å². The number of amides is 1. The molecule has 0 saturated heterocycles. The van der Waals surface area contributed by atoms with Crippen molar-refractivity contribution in [3.8, 4) is 0 Å². The molecule has 0 atom stereocenters. The van der Waals surface area contributed by atoms with Crippen LogP contribution in [0.2, 0.25) is 0 Å². The van der Waals surface area contributed by atoms with Crippen molar-refractivity contribution in [1.29, 1.82) is 0 Å². The highest BCUT2D eigenvalue weighted by Crippen LogP contribution is 2.25. The lowest BCUT2D eigenvalue weighted by Gasteiger charge is -2.16. The number of likely N-dealkylation sites (N-methyl/N-ethyl adjacent to an activating group) is 1. The number of hydrogen-bond donors (Lipinski definition) is 1. The number of hydrogen-bond acceptors (Lipinski definition) is 2. The van der Waals surface area contributed by atoms with Gasteiger partial charge in [0, 0.05) is 22.3 Å². The minimum atomic E-state index is 0.168. The van der Waals surface area contributed by atoms with Gasteiger partial charge in [-0.1, -0.05) is 6.07 Å². The number of benzene rings is 1. The molecule has 1 amide bonds. The predicted molar refractivity (Wildman–Crippen MR) is 73.4 cm³/mol. The van der Waals surface area contributed by atoms with Gasteiger partial charge in [0.2, 0.25) is 5.91 Å². The topological polar surface area (TPSA) is 32.3 Å². The summed E-state index contributed by atoms with van der Waals surface area (Å²) < 4.78 is 1.17. The molecule has 0 unspecified atom stereocenters. The molecule has 4 heteroatoms. The number of nitrogens with zero attached hydrogens (tertiary/aromatic N) is 1. The van der Waals surface area contributed by atoms with Crippen molar-refractivity contribution >= 4 is 34.2 Å². The summed E-state index contributed by atoms with van der Waals surface area (Å²) in [6.45, 7) is 0.382. The molecule has 0 spiro atoms. The monoisotopic (exact) mass is 330 g/mol. The van der Waals surface area contributed by atoms with Crippen LogP contribution in [0.3, 0.4) is 0 Å². The van der Waals surface area contributed by atoms with E-state index in [1.807, 2.05) is 36.2 Å². The molecular formula is C12H15IN2O. The largest absolute Gasteiger partial charge is 0.376 e. The molecule has 2 rings (SSSR count). The van der Waals surface area contributed by atoms with E-state index in [1.54, 1.807) is 0 Å². The molecule has 1 fully saturated rings. The Hall–Kier alpha value is -0.780.